The van der Waals surface area contributed by atoms with E-state index < -0.39 is 0 Å². The predicted molar refractivity (Wildman–Crippen MR) is 129 cm³/mol. The summed E-state index contributed by atoms with van der Waals surface area (Å²) >= 11 is 0. The van der Waals surface area contributed by atoms with Gasteiger partial charge < -0.3 is 0 Å². The summed E-state index contributed by atoms with van der Waals surface area (Å²) in [7, 11) is 0. The Hall–Kier alpha value is -3.80. The quantitative estimate of drug-likeness (QED) is 0.354. The molecule has 4 aromatic rings. The Balaban J connectivity index is 1.65. The Labute approximate surface area is 188 Å². The first-order valence-electron chi connectivity index (χ1n) is 10.7. The summed E-state index contributed by atoms with van der Waals surface area (Å²) in [6.07, 6.45) is 5.17. The van der Waals surface area contributed by atoms with E-state index in [1.807, 2.05) is 43.5 Å². The predicted octanol–water partition coefficient (Wildman–Crippen LogP) is 5.18. The van der Waals surface area contributed by atoms with E-state index in [2.05, 4.69) is 60.7 Å². The number of nitrogens with one attached hydrogen (secondary N) is 1. The van der Waals surface area contributed by atoms with E-state index >= 15 is 0 Å². The van der Waals surface area contributed by atoms with Gasteiger partial charge in [-0.05, 0) is 30.0 Å². The van der Waals surface area contributed by atoms with E-state index in [0.29, 0.717) is 5.56 Å². The highest BCUT2D eigenvalue weighted by atomic mass is 16.2. The third kappa shape index (κ3) is 4.59. The third-order valence-electron chi connectivity index (χ3n) is 5.36. The zero-order chi connectivity index (χ0) is 22.7. The summed E-state index contributed by atoms with van der Waals surface area (Å²) in [5.41, 5.74) is 7.81. The van der Waals surface area contributed by atoms with Crippen LogP contribution < -0.4 is 5.43 Å². The number of amides is 1. The number of nitrogens with zero attached hydrogens (tertiary/aromatic N) is 4. The zero-order valence-corrected chi connectivity index (χ0v) is 18.8. The summed E-state index contributed by atoms with van der Waals surface area (Å²) in [5, 5.41) is 9.10. The van der Waals surface area contributed by atoms with Crippen LogP contribution in [0.15, 0.2) is 72.1 Å². The number of pyridine rings is 1. The van der Waals surface area contributed by atoms with Crippen LogP contribution in [0.4, 0.5) is 0 Å². The standard InChI is InChI=1S/C26H27N5O/c1-5-31-17-18(16-28-31)15-27-30-25(32)22-14-24(29-23-9-7-6-8-21(22)23)19-10-12-20(13-11-19)26(2,3)4/h6-17H,5H2,1-4H3,(H,30,32)/b27-15-. The topological polar surface area (TPSA) is 72.2 Å². The Morgan fingerprint density at radius 1 is 1.12 bits per heavy atom. The molecule has 4 rings (SSSR count). The first kappa shape index (κ1) is 21.4. The number of hydrazone groups is 1. The number of rotatable bonds is 5. The van der Waals surface area contributed by atoms with Gasteiger partial charge in [0.05, 0.1) is 29.2 Å². The molecular weight excluding hydrogens is 398 g/mol. The van der Waals surface area contributed by atoms with Crippen LogP contribution >= 0.6 is 0 Å². The monoisotopic (exact) mass is 425 g/mol. The van der Waals surface area contributed by atoms with E-state index in [4.69, 9.17) is 4.98 Å². The van der Waals surface area contributed by atoms with Gasteiger partial charge in [-0.15, -0.1) is 0 Å². The molecule has 6 nitrogen and oxygen atoms in total. The Morgan fingerprint density at radius 2 is 1.88 bits per heavy atom. The molecule has 6 heteroatoms. The number of carbonyl (C=O) groups is 1. The van der Waals surface area contributed by atoms with Gasteiger partial charge in [-0.2, -0.15) is 10.2 Å². The molecule has 0 saturated carbocycles. The minimum absolute atomic E-state index is 0.0754. The molecule has 0 spiro atoms. The van der Waals surface area contributed by atoms with Crippen LogP contribution in [0.1, 0.15) is 49.2 Å². The molecule has 0 aliphatic rings. The Morgan fingerprint density at radius 3 is 2.56 bits per heavy atom. The van der Waals surface area contributed by atoms with E-state index in [9.17, 15) is 4.79 Å². The maximum Gasteiger partial charge on any atom is 0.272 e. The maximum absolute atomic E-state index is 13.0. The maximum atomic E-state index is 13.0. The molecule has 2 heterocycles. The summed E-state index contributed by atoms with van der Waals surface area (Å²) in [4.78, 5) is 17.8. The molecule has 0 radical (unpaired) electrons. The fourth-order valence-corrected chi connectivity index (χ4v) is 3.50. The number of aryl methyl sites for hydroxylation is 1. The summed E-state index contributed by atoms with van der Waals surface area (Å²) in [6.45, 7) is 9.35. The molecule has 0 unspecified atom stereocenters. The van der Waals surface area contributed by atoms with Crippen molar-refractivity contribution in [3.8, 4) is 11.3 Å². The van der Waals surface area contributed by atoms with Gasteiger partial charge in [0.25, 0.3) is 5.91 Å². The molecular formula is C26H27N5O. The minimum Gasteiger partial charge on any atom is -0.272 e. The molecule has 0 fully saturated rings. The lowest BCUT2D eigenvalue weighted by molar-refractivity contribution is 0.0956. The molecule has 0 atom stereocenters. The fourth-order valence-electron chi connectivity index (χ4n) is 3.50. The lowest BCUT2D eigenvalue weighted by atomic mass is 9.86. The van der Waals surface area contributed by atoms with Crippen LogP contribution in [-0.4, -0.2) is 26.9 Å². The molecule has 2 aromatic heterocycles. The van der Waals surface area contributed by atoms with Gasteiger partial charge in [-0.1, -0.05) is 63.2 Å². The first-order chi connectivity index (χ1) is 15.3. The average molecular weight is 426 g/mol. The van der Waals surface area contributed by atoms with E-state index in [-0.39, 0.29) is 11.3 Å². The van der Waals surface area contributed by atoms with Crippen molar-refractivity contribution in [2.75, 3.05) is 0 Å². The molecule has 32 heavy (non-hydrogen) atoms. The van der Waals surface area contributed by atoms with Gasteiger partial charge in [0, 0.05) is 29.3 Å². The Kier molecular flexibility index (Phi) is 5.86. The number of hydrogen-bond acceptors (Lipinski definition) is 4. The number of hydrogen-bond donors (Lipinski definition) is 1. The van der Waals surface area contributed by atoms with Crippen molar-refractivity contribution in [1.29, 1.82) is 0 Å². The van der Waals surface area contributed by atoms with Crippen molar-refractivity contribution in [2.45, 2.75) is 39.7 Å². The van der Waals surface area contributed by atoms with Crippen LogP contribution in [0, 0.1) is 0 Å². The minimum atomic E-state index is -0.282. The molecule has 1 N–H and O–H groups in total. The molecule has 2 aromatic carbocycles. The number of para-hydroxylation sites is 1. The second-order valence-electron chi connectivity index (χ2n) is 8.73. The highest BCUT2D eigenvalue weighted by molar-refractivity contribution is 6.07. The number of fused-ring (bicyclic) bond motifs is 1. The number of benzene rings is 2. The molecule has 0 bridgehead atoms. The van der Waals surface area contributed by atoms with E-state index in [1.165, 1.54) is 5.56 Å². The fraction of sp³-hybridized carbons (Fsp3) is 0.231. The highest BCUT2D eigenvalue weighted by Crippen LogP contribution is 2.28. The van der Waals surface area contributed by atoms with E-state index in [0.717, 1.165) is 34.3 Å². The summed E-state index contributed by atoms with van der Waals surface area (Å²) < 4.78 is 1.80. The van der Waals surface area contributed by atoms with Gasteiger partial charge in [0.15, 0.2) is 0 Å². The van der Waals surface area contributed by atoms with Crippen molar-refractivity contribution in [1.82, 2.24) is 20.2 Å². The number of carbonyl (C=O) groups excluding carboxylic acids is 1. The lowest BCUT2D eigenvalue weighted by Crippen LogP contribution is -2.18. The van der Waals surface area contributed by atoms with Crippen molar-refractivity contribution in [2.24, 2.45) is 5.10 Å². The second-order valence-corrected chi connectivity index (χ2v) is 8.73. The van der Waals surface area contributed by atoms with Crippen molar-refractivity contribution in [3.63, 3.8) is 0 Å². The van der Waals surface area contributed by atoms with Crippen molar-refractivity contribution < 1.29 is 4.79 Å². The molecule has 0 aliphatic carbocycles. The highest BCUT2D eigenvalue weighted by Gasteiger charge is 2.16. The number of aromatic nitrogens is 3. The van der Waals surface area contributed by atoms with Gasteiger partial charge in [0.1, 0.15) is 0 Å². The van der Waals surface area contributed by atoms with Crippen LogP contribution in [0.2, 0.25) is 0 Å². The SMILES string of the molecule is CCn1cc(/C=N\NC(=O)c2cc(-c3ccc(C(C)(C)C)cc3)nc3ccccc23)cn1. The van der Waals surface area contributed by atoms with Crippen LogP contribution in [0.25, 0.3) is 22.2 Å². The molecule has 162 valence electrons. The van der Waals surface area contributed by atoms with Crippen molar-refractivity contribution >= 4 is 23.0 Å². The van der Waals surface area contributed by atoms with Gasteiger partial charge >= 0.3 is 0 Å². The molecule has 0 aliphatic heterocycles. The van der Waals surface area contributed by atoms with Gasteiger partial charge in [0.2, 0.25) is 0 Å². The Bertz CT molecular complexity index is 1280. The van der Waals surface area contributed by atoms with Gasteiger partial charge in [-0.3, -0.25) is 9.48 Å². The molecule has 0 saturated heterocycles. The second kappa shape index (κ2) is 8.75. The molecule has 1 amide bonds. The normalized spacial score (nSPS) is 11.9. The zero-order valence-electron chi connectivity index (χ0n) is 18.8. The largest absolute Gasteiger partial charge is 0.272 e. The van der Waals surface area contributed by atoms with Crippen LogP contribution in [0.3, 0.4) is 0 Å². The van der Waals surface area contributed by atoms with Gasteiger partial charge in [-0.25, -0.2) is 10.4 Å². The van der Waals surface area contributed by atoms with E-state index in [1.54, 1.807) is 17.1 Å². The average Bonchev–Trinajstić information content (AvgIpc) is 3.26. The smallest absolute Gasteiger partial charge is 0.272 e. The first-order valence-corrected chi connectivity index (χ1v) is 10.7. The van der Waals surface area contributed by atoms with Crippen LogP contribution in [-0.2, 0) is 12.0 Å². The lowest BCUT2D eigenvalue weighted by Gasteiger charge is -2.19. The van der Waals surface area contributed by atoms with Crippen molar-refractivity contribution in [3.05, 3.63) is 83.7 Å². The summed E-state index contributed by atoms with van der Waals surface area (Å²) in [5.74, 6) is -0.282. The third-order valence-corrected chi connectivity index (χ3v) is 5.36. The summed E-state index contributed by atoms with van der Waals surface area (Å²) in [6, 6.07) is 17.8. The van der Waals surface area contributed by atoms with Crippen LogP contribution in [0.5, 0.6) is 0 Å².